The summed E-state index contributed by atoms with van der Waals surface area (Å²) in [5, 5.41) is 12.3. The molecule has 2 aromatic heterocycles. The number of ether oxygens (including phenoxy) is 4. The van der Waals surface area contributed by atoms with E-state index in [1.165, 1.54) is 12.4 Å². The van der Waals surface area contributed by atoms with Crippen LogP contribution in [0.1, 0.15) is 78.0 Å². The summed E-state index contributed by atoms with van der Waals surface area (Å²) in [6.07, 6.45) is 3.82. The highest BCUT2D eigenvalue weighted by Gasteiger charge is 2.82. The maximum Gasteiger partial charge on any atom is 0.339 e. The molecule has 1 aliphatic heterocycles. The summed E-state index contributed by atoms with van der Waals surface area (Å²) in [6, 6.07) is 15.1. The number of esters is 3. The largest absolute Gasteiger partial charge is 0.458 e. The molecule has 1 spiro atoms. The molecule has 7 atom stereocenters. The first-order valence-corrected chi connectivity index (χ1v) is 14.8. The van der Waals surface area contributed by atoms with Gasteiger partial charge in [0.1, 0.15) is 23.9 Å². The van der Waals surface area contributed by atoms with E-state index in [1.54, 1.807) is 80.8 Å². The summed E-state index contributed by atoms with van der Waals surface area (Å²) in [6.45, 7) is 7.20. The van der Waals surface area contributed by atoms with Gasteiger partial charge < -0.3 is 24.1 Å². The van der Waals surface area contributed by atoms with Crippen LogP contribution in [0.2, 0.25) is 0 Å². The van der Waals surface area contributed by atoms with Crippen molar-refractivity contribution in [3.05, 3.63) is 96.1 Å². The molecule has 3 aromatic rings. The maximum atomic E-state index is 13.6. The molecular weight excluding hydrogens is 564 g/mol. The van der Waals surface area contributed by atoms with Gasteiger partial charge in [-0.25, -0.2) is 14.4 Å². The monoisotopic (exact) mass is 600 g/mol. The number of benzene rings is 1. The second kappa shape index (κ2) is 10.8. The number of aliphatic hydroxyl groups is 1. The minimum Gasteiger partial charge on any atom is -0.458 e. The molecule has 6 rings (SSSR count). The first-order valence-electron chi connectivity index (χ1n) is 14.8. The first-order chi connectivity index (χ1) is 20.9. The highest BCUT2D eigenvalue weighted by molar-refractivity contribution is 5.90. The molecule has 7 unspecified atom stereocenters. The van der Waals surface area contributed by atoms with Crippen LogP contribution >= 0.6 is 0 Å². The number of nitrogens with zero attached hydrogens (tertiary/aromatic N) is 2. The van der Waals surface area contributed by atoms with E-state index in [9.17, 15) is 19.5 Å². The number of rotatable bonds is 6. The van der Waals surface area contributed by atoms with Gasteiger partial charge in [-0.05, 0) is 83.4 Å². The predicted octanol–water partition coefficient (Wildman–Crippen LogP) is 4.57. The van der Waals surface area contributed by atoms with Crippen LogP contribution in [0.15, 0.2) is 79.4 Å². The minimum atomic E-state index is -1.63. The van der Waals surface area contributed by atoms with Gasteiger partial charge in [-0.2, -0.15) is 0 Å². The summed E-state index contributed by atoms with van der Waals surface area (Å²) >= 11 is 0. The predicted molar refractivity (Wildman–Crippen MR) is 156 cm³/mol. The normalized spacial score (nSPS) is 33.5. The topological polar surface area (TPSA) is 134 Å². The first kappa shape index (κ1) is 29.9. The molecule has 1 aromatic carbocycles. The van der Waals surface area contributed by atoms with Crippen molar-refractivity contribution >= 4 is 17.9 Å². The molecule has 3 aliphatic rings. The van der Waals surface area contributed by atoms with Crippen molar-refractivity contribution in [2.45, 2.75) is 82.1 Å². The maximum absolute atomic E-state index is 13.6. The Hall–Kier alpha value is -4.15. The fourth-order valence-electron chi connectivity index (χ4n) is 7.71. The number of pyridine rings is 2. The van der Waals surface area contributed by atoms with Gasteiger partial charge in [-0.15, -0.1) is 0 Å². The lowest BCUT2D eigenvalue weighted by Crippen LogP contribution is -2.79. The average molecular weight is 601 g/mol. The van der Waals surface area contributed by atoms with Gasteiger partial charge >= 0.3 is 17.9 Å². The Balaban J connectivity index is 1.47. The van der Waals surface area contributed by atoms with Gasteiger partial charge in [-0.3, -0.25) is 9.97 Å². The Morgan fingerprint density at radius 1 is 0.773 bits per heavy atom. The molecule has 10 heteroatoms. The zero-order valence-corrected chi connectivity index (χ0v) is 25.1. The lowest BCUT2D eigenvalue weighted by molar-refractivity contribution is -0.324. The quantitative estimate of drug-likeness (QED) is 0.317. The second-order valence-electron chi connectivity index (χ2n) is 12.8. The van der Waals surface area contributed by atoms with Crippen molar-refractivity contribution in [1.29, 1.82) is 0 Å². The Morgan fingerprint density at radius 3 is 1.89 bits per heavy atom. The van der Waals surface area contributed by atoms with E-state index in [-0.39, 0.29) is 30.4 Å². The van der Waals surface area contributed by atoms with Crippen LogP contribution in [0.3, 0.4) is 0 Å². The summed E-state index contributed by atoms with van der Waals surface area (Å²) in [4.78, 5) is 48.6. The molecule has 2 aliphatic carbocycles. The lowest BCUT2D eigenvalue weighted by atomic mass is 9.47. The van der Waals surface area contributed by atoms with Gasteiger partial charge in [-0.1, -0.05) is 18.2 Å². The van der Waals surface area contributed by atoms with Gasteiger partial charge in [0.25, 0.3) is 0 Å². The van der Waals surface area contributed by atoms with Crippen molar-refractivity contribution in [3.8, 4) is 0 Å². The minimum absolute atomic E-state index is 0.166. The van der Waals surface area contributed by atoms with Crippen LogP contribution in [0, 0.1) is 11.3 Å². The summed E-state index contributed by atoms with van der Waals surface area (Å²) in [5.74, 6) is -2.27. The van der Waals surface area contributed by atoms with Gasteiger partial charge in [0.15, 0.2) is 0 Å². The number of carbonyl (C=O) groups is 3. The molecule has 1 N–H and O–H groups in total. The van der Waals surface area contributed by atoms with Crippen molar-refractivity contribution < 1.29 is 38.4 Å². The van der Waals surface area contributed by atoms with Crippen molar-refractivity contribution in [2.75, 3.05) is 0 Å². The Morgan fingerprint density at radius 2 is 1.32 bits per heavy atom. The second-order valence-corrected chi connectivity index (χ2v) is 12.8. The average Bonchev–Trinajstić information content (AvgIpc) is 3.20. The van der Waals surface area contributed by atoms with Gasteiger partial charge in [0.05, 0.1) is 33.3 Å². The fraction of sp³-hybridized carbons (Fsp3) is 0.441. The molecule has 10 nitrogen and oxygen atoms in total. The van der Waals surface area contributed by atoms with Gasteiger partial charge in [0, 0.05) is 30.7 Å². The molecule has 3 heterocycles. The van der Waals surface area contributed by atoms with Crippen LogP contribution in [0.5, 0.6) is 0 Å². The third-order valence-electron chi connectivity index (χ3n) is 9.92. The number of carbonyl (C=O) groups excluding carboxylic acids is 3. The molecule has 44 heavy (non-hydrogen) atoms. The molecule has 230 valence electrons. The lowest BCUT2D eigenvalue weighted by Gasteiger charge is -2.64. The van der Waals surface area contributed by atoms with E-state index < -0.39 is 64.4 Å². The molecule has 0 amide bonds. The fourth-order valence-corrected chi connectivity index (χ4v) is 7.71. The van der Waals surface area contributed by atoms with Crippen molar-refractivity contribution in [1.82, 2.24) is 9.97 Å². The Labute approximate surface area is 255 Å². The zero-order valence-electron chi connectivity index (χ0n) is 25.1. The summed E-state index contributed by atoms with van der Waals surface area (Å²) < 4.78 is 25.7. The van der Waals surface area contributed by atoms with E-state index in [0.29, 0.717) is 5.56 Å². The SMILES string of the molecule is CC1(C)OC23C(OC(=O)c4ccccc4)C1CC(OC(=O)c1cccnc1)C2(C)C(OC(=O)c1cccnc1)CCC3(C)O. The number of hydrogen-bond donors (Lipinski definition) is 1. The standard InChI is InChI=1S/C34H36N2O8/c1-31(2)24-18-26(42-30(39)23-13-9-17-36-20-23)33(4)25(41-29(38)22-12-8-16-35-19-22)14-15-32(3,40)34(33,44-31)27(24)43-28(37)21-10-6-5-7-11-21/h5-13,16-17,19-20,24-27,40H,14-15,18H2,1-4H3. The van der Waals surface area contributed by atoms with E-state index >= 15 is 0 Å². The van der Waals surface area contributed by atoms with Crippen LogP contribution in [0.4, 0.5) is 0 Å². The van der Waals surface area contributed by atoms with Crippen LogP contribution in [0.25, 0.3) is 0 Å². The summed E-state index contributed by atoms with van der Waals surface area (Å²) in [5.41, 5.74) is -4.64. The number of fused-ring (bicyclic) bond motifs is 1. The highest BCUT2D eigenvalue weighted by atomic mass is 16.6. The smallest absolute Gasteiger partial charge is 0.339 e. The Bertz CT molecular complexity index is 1550. The van der Waals surface area contributed by atoms with Gasteiger partial charge in [0.2, 0.25) is 0 Å². The van der Waals surface area contributed by atoms with Crippen LogP contribution in [-0.4, -0.2) is 68.1 Å². The molecule has 2 saturated carbocycles. The Kier molecular flexibility index (Phi) is 7.33. The van der Waals surface area contributed by atoms with Crippen molar-refractivity contribution in [2.24, 2.45) is 11.3 Å². The third kappa shape index (κ3) is 4.59. The summed E-state index contributed by atoms with van der Waals surface area (Å²) in [7, 11) is 0. The van der Waals surface area contributed by atoms with E-state index in [1.807, 2.05) is 13.8 Å². The van der Waals surface area contributed by atoms with Crippen molar-refractivity contribution in [3.63, 3.8) is 0 Å². The highest BCUT2D eigenvalue weighted by Crippen LogP contribution is 2.68. The van der Waals surface area contributed by atoms with E-state index in [4.69, 9.17) is 18.9 Å². The molecule has 1 saturated heterocycles. The molecule has 2 bridgehead atoms. The van der Waals surface area contributed by atoms with Crippen LogP contribution in [-0.2, 0) is 18.9 Å². The number of hydrogen-bond acceptors (Lipinski definition) is 10. The van der Waals surface area contributed by atoms with E-state index in [2.05, 4.69) is 9.97 Å². The molecule has 3 fully saturated rings. The molecule has 0 radical (unpaired) electrons. The van der Waals surface area contributed by atoms with E-state index in [0.717, 1.165) is 0 Å². The molecular formula is C34H36N2O8. The number of aromatic nitrogens is 2. The third-order valence-corrected chi connectivity index (χ3v) is 9.92. The van der Waals surface area contributed by atoms with Crippen LogP contribution < -0.4 is 0 Å². The zero-order chi connectivity index (χ0) is 31.3.